The van der Waals surface area contributed by atoms with Crippen molar-refractivity contribution in [3.8, 4) is 0 Å². The van der Waals surface area contributed by atoms with Crippen LogP contribution in [0.2, 0.25) is 0 Å². The standard InChI is InChI=1S/C29H35N3O4S2/c1-10-31-26-14-12-11-13-25(26)30-29(31)32(37(33,34)27-21(6)17(2)15-18(3)22(27)7)38(35,36)28-23(8)19(4)16-20(5)24(28)9/h11-16H,10H2,1-9H3. The molecule has 9 heteroatoms. The Morgan fingerprint density at radius 2 is 1.08 bits per heavy atom. The molecule has 202 valence electrons. The Morgan fingerprint density at radius 3 is 1.47 bits per heavy atom. The second kappa shape index (κ2) is 9.54. The Balaban J connectivity index is 2.21. The van der Waals surface area contributed by atoms with Crippen LogP contribution >= 0.6 is 0 Å². The van der Waals surface area contributed by atoms with Crippen LogP contribution < -0.4 is 3.71 Å². The minimum atomic E-state index is -4.64. The lowest BCUT2D eigenvalue weighted by Gasteiger charge is -2.28. The predicted octanol–water partition coefficient (Wildman–Crippen LogP) is 6.11. The molecule has 3 aromatic carbocycles. The third-order valence-electron chi connectivity index (χ3n) is 7.66. The molecular weight excluding hydrogens is 518 g/mol. The van der Waals surface area contributed by atoms with Gasteiger partial charge in [0.25, 0.3) is 20.0 Å². The van der Waals surface area contributed by atoms with Crippen molar-refractivity contribution < 1.29 is 16.8 Å². The number of rotatable bonds is 6. The molecule has 0 radical (unpaired) electrons. The molecule has 0 unspecified atom stereocenters. The lowest BCUT2D eigenvalue weighted by Crippen LogP contribution is -2.40. The summed E-state index contributed by atoms with van der Waals surface area (Å²) in [5.74, 6) is -0.149. The van der Waals surface area contributed by atoms with Gasteiger partial charge in [-0.25, -0.2) is 4.98 Å². The van der Waals surface area contributed by atoms with Gasteiger partial charge in [0.15, 0.2) is 0 Å². The molecule has 0 aliphatic carbocycles. The number of sulfonamides is 2. The summed E-state index contributed by atoms with van der Waals surface area (Å²) in [5, 5.41) is 0. The van der Waals surface area contributed by atoms with E-state index in [-0.39, 0.29) is 15.7 Å². The van der Waals surface area contributed by atoms with Gasteiger partial charge in [-0.15, -0.1) is 3.71 Å². The molecular formula is C29H35N3O4S2. The number of fused-ring (bicyclic) bond motifs is 1. The first kappa shape index (κ1) is 27.9. The van der Waals surface area contributed by atoms with Crippen LogP contribution in [0.15, 0.2) is 46.2 Å². The summed E-state index contributed by atoms with van der Waals surface area (Å²) < 4.78 is 61.1. The maximum absolute atomic E-state index is 14.7. The average molecular weight is 554 g/mol. The van der Waals surface area contributed by atoms with E-state index in [1.807, 2.05) is 58.9 Å². The van der Waals surface area contributed by atoms with Crippen molar-refractivity contribution in [3.63, 3.8) is 0 Å². The summed E-state index contributed by atoms with van der Waals surface area (Å²) in [6.45, 7) is 16.4. The maximum Gasteiger partial charge on any atom is 0.280 e. The number of aryl methyl sites for hydroxylation is 5. The van der Waals surface area contributed by atoms with Crippen molar-refractivity contribution in [1.82, 2.24) is 9.55 Å². The van der Waals surface area contributed by atoms with Crippen LogP contribution in [0.25, 0.3) is 11.0 Å². The fourth-order valence-electron chi connectivity index (χ4n) is 5.16. The van der Waals surface area contributed by atoms with Gasteiger partial charge in [0.05, 0.1) is 20.8 Å². The highest BCUT2D eigenvalue weighted by atomic mass is 32.3. The topological polar surface area (TPSA) is 89.3 Å². The van der Waals surface area contributed by atoms with Gasteiger partial charge < -0.3 is 4.57 Å². The number of anilines is 1. The Hall–Kier alpha value is -3.17. The summed E-state index contributed by atoms with van der Waals surface area (Å²) in [4.78, 5) is 4.59. The van der Waals surface area contributed by atoms with Gasteiger partial charge in [0.2, 0.25) is 5.95 Å². The molecule has 1 heterocycles. The molecule has 1 aromatic heterocycles. The SMILES string of the molecule is CCn1c(N(S(=O)(=O)c2c(C)c(C)cc(C)c2C)S(=O)(=O)c2c(C)c(C)cc(C)c2C)nc2ccccc21. The molecule has 0 saturated carbocycles. The summed E-state index contributed by atoms with van der Waals surface area (Å²) in [6, 6.07) is 11.0. The quantitative estimate of drug-likeness (QED) is 0.288. The van der Waals surface area contributed by atoms with Gasteiger partial charge in [0, 0.05) is 6.54 Å². The Morgan fingerprint density at radius 1 is 0.684 bits per heavy atom. The fraction of sp³-hybridized carbons (Fsp3) is 0.345. The first-order valence-electron chi connectivity index (χ1n) is 12.6. The first-order chi connectivity index (χ1) is 17.7. The molecule has 0 N–H and O–H groups in total. The number of imidazole rings is 1. The minimum absolute atomic E-state index is 0.00651. The first-order valence-corrected chi connectivity index (χ1v) is 15.4. The molecule has 0 amide bonds. The highest BCUT2D eigenvalue weighted by Crippen LogP contribution is 2.38. The van der Waals surface area contributed by atoms with Gasteiger partial charge >= 0.3 is 0 Å². The van der Waals surface area contributed by atoms with E-state index in [1.54, 1.807) is 44.4 Å². The molecule has 0 saturated heterocycles. The van der Waals surface area contributed by atoms with Crippen LogP contribution in [0.5, 0.6) is 0 Å². The van der Waals surface area contributed by atoms with E-state index in [0.717, 1.165) is 22.3 Å². The molecule has 0 aliphatic rings. The second-order valence-electron chi connectivity index (χ2n) is 10.0. The van der Waals surface area contributed by atoms with Crippen molar-refractivity contribution >= 4 is 37.0 Å². The van der Waals surface area contributed by atoms with Crippen LogP contribution in [-0.2, 0) is 26.6 Å². The summed E-state index contributed by atoms with van der Waals surface area (Å²) >= 11 is 0. The third kappa shape index (κ3) is 4.12. The maximum atomic E-state index is 14.7. The number of nitrogens with zero attached hydrogens (tertiary/aromatic N) is 3. The average Bonchev–Trinajstić information content (AvgIpc) is 3.18. The largest absolute Gasteiger partial charge is 0.309 e. The van der Waals surface area contributed by atoms with Crippen molar-refractivity contribution in [2.45, 2.75) is 78.6 Å². The van der Waals surface area contributed by atoms with E-state index < -0.39 is 20.0 Å². The van der Waals surface area contributed by atoms with E-state index in [1.165, 1.54) is 0 Å². The molecule has 4 rings (SSSR count). The van der Waals surface area contributed by atoms with Crippen LogP contribution in [0.1, 0.15) is 51.4 Å². The Bertz CT molecular complexity index is 1670. The molecule has 0 aliphatic heterocycles. The van der Waals surface area contributed by atoms with Crippen LogP contribution in [0.3, 0.4) is 0 Å². The number of para-hydroxylation sites is 2. The fourth-order valence-corrected chi connectivity index (χ4v) is 9.87. The van der Waals surface area contributed by atoms with Crippen molar-refractivity contribution in [1.29, 1.82) is 0 Å². The van der Waals surface area contributed by atoms with E-state index in [0.29, 0.717) is 43.5 Å². The number of benzene rings is 3. The molecule has 7 nitrogen and oxygen atoms in total. The van der Waals surface area contributed by atoms with Gasteiger partial charge in [-0.05, 0) is 119 Å². The predicted molar refractivity (Wildman–Crippen MR) is 153 cm³/mol. The summed E-state index contributed by atoms with van der Waals surface area (Å²) in [5.41, 5.74) is 6.31. The second-order valence-corrected chi connectivity index (χ2v) is 13.7. The Labute approximate surface area is 226 Å². The highest BCUT2D eigenvalue weighted by Gasteiger charge is 2.43. The van der Waals surface area contributed by atoms with Gasteiger partial charge in [0.1, 0.15) is 0 Å². The smallest absolute Gasteiger partial charge is 0.280 e. The zero-order valence-corrected chi connectivity index (χ0v) is 25.1. The zero-order valence-electron chi connectivity index (χ0n) is 23.5. The number of aromatic nitrogens is 2. The van der Waals surface area contributed by atoms with Gasteiger partial charge in [-0.3, -0.25) is 0 Å². The van der Waals surface area contributed by atoms with E-state index >= 15 is 0 Å². The Kier molecular flexibility index (Phi) is 6.99. The molecule has 0 spiro atoms. The van der Waals surface area contributed by atoms with Gasteiger partial charge in [-0.2, -0.15) is 16.8 Å². The van der Waals surface area contributed by atoms with E-state index in [2.05, 4.69) is 4.98 Å². The van der Waals surface area contributed by atoms with Crippen molar-refractivity contribution in [2.24, 2.45) is 0 Å². The minimum Gasteiger partial charge on any atom is -0.309 e. The third-order valence-corrected chi connectivity index (χ3v) is 12.3. The molecule has 0 fully saturated rings. The number of hydrogen-bond donors (Lipinski definition) is 0. The van der Waals surface area contributed by atoms with Crippen molar-refractivity contribution in [3.05, 3.63) is 80.9 Å². The van der Waals surface area contributed by atoms with E-state index in [9.17, 15) is 16.8 Å². The summed E-state index contributed by atoms with van der Waals surface area (Å²) in [7, 11) is -9.29. The van der Waals surface area contributed by atoms with Crippen LogP contribution in [0, 0.1) is 55.4 Å². The number of hydrogen-bond acceptors (Lipinski definition) is 5. The van der Waals surface area contributed by atoms with Crippen LogP contribution in [0.4, 0.5) is 5.95 Å². The van der Waals surface area contributed by atoms with Crippen molar-refractivity contribution in [2.75, 3.05) is 3.71 Å². The molecule has 0 bridgehead atoms. The molecule has 38 heavy (non-hydrogen) atoms. The van der Waals surface area contributed by atoms with E-state index in [4.69, 9.17) is 0 Å². The van der Waals surface area contributed by atoms with Crippen LogP contribution in [-0.4, -0.2) is 26.4 Å². The normalized spacial score (nSPS) is 12.3. The lowest BCUT2D eigenvalue weighted by molar-refractivity contribution is 0.580. The zero-order chi connectivity index (χ0) is 28.3. The monoisotopic (exact) mass is 553 g/mol. The molecule has 0 atom stereocenters. The highest BCUT2D eigenvalue weighted by molar-refractivity contribution is 8.10. The van der Waals surface area contributed by atoms with Gasteiger partial charge in [-0.1, -0.05) is 24.3 Å². The molecule has 4 aromatic rings. The lowest BCUT2D eigenvalue weighted by atomic mass is 10.0. The summed E-state index contributed by atoms with van der Waals surface area (Å²) in [6.07, 6.45) is 0.